The van der Waals surface area contributed by atoms with Crippen molar-refractivity contribution in [3.05, 3.63) is 59.7 Å². The van der Waals surface area contributed by atoms with Gasteiger partial charge in [-0.3, -0.25) is 9.50 Å². The Kier molecular flexibility index (Phi) is 7.54. The van der Waals surface area contributed by atoms with Crippen molar-refractivity contribution in [1.82, 2.24) is 5.32 Å². The number of benzene rings is 2. The minimum absolute atomic E-state index is 0.0623. The SMILES string of the molecule is COc1ccc(CNC(C#N)[C@H]2OC(C)(C)O[C@@H]2COS(=O)(=O)c2ccc(C)cc2)cc1. The van der Waals surface area contributed by atoms with Crippen LogP contribution in [-0.2, 0) is 30.3 Å². The smallest absolute Gasteiger partial charge is 0.297 e. The summed E-state index contributed by atoms with van der Waals surface area (Å²) >= 11 is 0. The molecule has 0 radical (unpaired) electrons. The van der Waals surface area contributed by atoms with Crippen molar-refractivity contribution in [1.29, 1.82) is 5.26 Å². The first-order valence-electron chi connectivity index (χ1n) is 10.2. The number of hydrogen-bond donors (Lipinski definition) is 1. The molecule has 0 amide bonds. The summed E-state index contributed by atoms with van der Waals surface area (Å²) in [5.41, 5.74) is 1.90. The van der Waals surface area contributed by atoms with Crippen LogP contribution >= 0.6 is 0 Å². The maximum atomic E-state index is 12.6. The van der Waals surface area contributed by atoms with Crippen molar-refractivity contribution < 1.29 is 26.8 Å². The van der Waals surface area contributed by atoms with Gasteiger partial charge in [0.25, 0.3) is 10.1 Å². The maximum Gasteiger partial charge on any atom is 0.297 e. The molecule has 8 nitrogen and oxygen atoms in total. The zero-order valence-electron chi connectivity index (χ0n) is 18.6. The van der Waals surface area contributed by atoms with E-state index in [9.17, 15) is 13.7 Å². The first-order valence-corrected chi connectivity index (χ1v) is 11.6. The van der Waals surface area contributed by atoms with Crippen LogP contribution in [0.1, 0.15) is 25.0 Å². The normalized spacial score (nSPS) is 21.1. The summed E-state index contributed by atoms with van der Waals surface area (Å²) in [6.07, 6.45) is -1.47. The molecule has 3 atom stereocenters. The molecular weight excluding hydrogens is 432 g/mol. The highest BCUT2D eigenvalue weighted by atomic mass is 32.2. The molecule has 0 aliphatic carbocycles. The van der Waals surface area contributed by atoms with Crippen molar-refractivity contribution >= 4 is 10.1 Å². The Balaban J connectivity index is 1.67. The van der Waals surface area contributed by atoms with Crippen LogP contribution in [0.5, 0.6) is 5.75 Å². The van der Waals surface area contributed by atoms with Gasteiger partial charge in [-0.05, 0) is 50.6 Å². The van der Waals surface area contributed by atoms with E-state index in [0.717, 1.165) is 16.9 Å². The van der Waals surface area contributed by atoms with Crippen molar-refractivity contribution in [2.45, 2.75) is 56.2 Å². The first-order chi connectivity index (χ1) is 15.1. The van der Waals surface area contributed by atoms with Gasteiger partial charge in [0.05, 0.1) is 24.7 Å². The number of hydrogen-bond acceptors (Lipinski definition) is 8. The molecule has 1 fully saturated rings. The summed E-state index contributed by atoms with van der Waals surface area (Å²) in [5.74, 6) is -0.240. The van der Waals surface area contributed by atoms with E-state index in [2.05, 4.69) is 11.4 Å². The van der Waals surface area contributed by atoms with Gasteiger partial charge in [-0.15, -0.1) is 0 Å². The lowest BCUT2D eigenvalue weighted by Gasteiger charge is -2.22. The van der Waals surface area contributed by atoms with Crippen molar-refractivity contribution in [2.24, 2.45) is 0 Å². The molecule has 1 aliphatic heterocycles. The van der Waals surface area contributed by atoms with E-state index in [0.29, 0.717) is 6.54 Å². The predicted octanol–water partition coefficient (Wildman–Crippen LogP) is 2.91. The van der Waals surface area contributed by atoms with Crippen LogP contribution in [0.3, 0.4) is 0 Å². The highest BCUT2D eigenvalue weighted by Crippen LogP contribution is 2.31. The van der Waals surface area contributed by atoms with E-state index < -0.39 is 34.2 Å². The fourth-order valence-corrected chi connectivity index (χ4v) is 4.33. The Bertz CT molecular complexity index is 1050. The highest BCUT2D eigenvalue weighted by Gasteiger charge is 2.46. The number of nitrogens with zero attached hydrogens (tertiary/aromatic N) is 1. The highest BCUT2D eigenvalue weighted by molar-refractivity contribution is 7.86. The van der Waals surface area contributed by atoms with Crippen LogP contribution in [0.15, 0.2) is 53.4 Å². The van der Waals surface area contributed by atoms with Gasteiger partial charge in [0, 0.05) is 6.54 Å². The number of nitrogens with one attached hydrogen (secondary N) is 1. The van der Waals surface area contributed by atoms with E-state index >= 15 is 0 Å². The topological polar surface area (TPSA) is 107 Å². The lowest BCUT2D eigenvalue weighted by atomic mass is 10.1. The lowest BCUT2D eigenvalue weighted by Crippen LogP contribution is -2.45. The molecule has 1 heterocycles. The Labute approximate surface area is 189 Å². The van der Waals surface area contributed by atoms with E-state index in [-0.39, 0.29) is 11.5 Å². The third-order valence-electron chi connectivity index (χ3n) is 5.07. The number of aryl methyl sites for hydroxylation is 1. The summed E-state index contributed by atoms with van der Waals surface area (Å²) in [4.78, 5) is 0.0623. The third kappa shape index (κ3) is 6.06. The van der Waals surface area contributed by atoms with E-state index in [1.54, 1.807) is 33.1 Å². The van der Waals surface area contributed by atoms with Gasteiger partial charge in [0.2, 0.25) is 0 Å². The zero-order chi connectivity index (χ0) is 23.4. The maximum absolute atomic E-state index is 12.6. The molecule has 0 bridgehead atoms. The summed E-state index contributed by atoms with van der Waals surface area (Å²) in [6, 6.07) is 15.3. The Morgan fingerprint density at radius 1 is 1.12 bits per heavy atom. The molecule has 1 saturated heterocycles. The van der Waals surface area contributed by atoms with Gasteiger partial charge in [-0.2, -0.15) is 13.7 Å². The molecule has 0 spiro atoms. The van der Waals surface area contributed by atoms with Crippen LogP contribution in [0, 0.1) is 18.3 Å². The molecule has 1 aliphatic rings. The molecule has 2 aromatic carbocycles. The number of methoxy groups -OCH3 is 1. The van der Waals surface area contributed by atoms with Crippen molar-refractivity contribution in [3.8, 4) is 11.8 Å². The Hall–Kier alpha value is -2.48. The van der Waals surface area contributed by atoms with Gasteiger partial charge in [-0.1, -0.05) is 29.8 Å². The van der Waals surface area contributed by atoms with E-state index in [4.69, 9.17) is 18.4 Å². The summed E-state index contributed by atoms with van der Waals surface area (Å²) in [5, 5.41) is 12.9. The minimum Gasteiger partial charge on any atom is -0.497 e. The first kappa shape index (κ1) is 24.2. The van der Waals surface area contributed by atoms with Crippen molar-refractivity contribution in [2.75, 3.05) is 13.7 Å². The van der Waals surface area contributed by atoms with E-state index in [1.165, 1.54) is 12.1 Å². The molecule has 32 heavy (non-hydrogen) atoms. The average Bonchev–Trinajstić information content (AvgIpc) is 3.08. The van der Waals surface area contributed by atoms with Gasteiger partial charge in [-0.25, -0.2) is 0 Å². The van der Waals surface area contributed by atoms with Gasteiger partial charge in [0.1, 0.15) is 24.0 Å². The second kappa shape index (κ2) is 9.98. The fraction of sp³-hybridized carbons (Fsp3) is 0.435. The quantitative estimate of drug-likeness (QED) is 0.569. The minimum atomic E-state index is -3.97. The Morgan fingerprint density at radius 3 is 2.38 bits per heavy atom. The van der Waals surface area contributed by atoms with Crippen LogP contribution in [0.25, 0.3) is 0 Å². The molecular formula is C23H28N2O6S. The van der Waals surface area contributed by atoms with Crippen LogP contribution in [-0.4, -0.2) is 46.2 Å². The fourth-order valence-electron chi connectivity index (χ4n) is 3.41. The second-order valence-corrected chi connectivity index (χ2v) is 9.64. The average molecular weight is 461 g/mol. The molecule has 0 saturated carbocycles. The molecule has 2 aromatic rings. The van der Waals surface area contributed by atoms with Gasteiger partial charge in [0.15, 0.2) is 5.79 Å². The number of nitriles is 1. The second-order valence-electron chi connectivity index (χ2n) is 8.03. The van der Waals surface area contributed by atoms with Gasteiger partial charge < -0.3 is 14.2 Å². The summed E-state index contributed by atoms with van der Waals surface area (Å²) in [6.45, 7) is 5.44. The van der Waals surface area contributed by atoms with Gasteiger partial charge >= 0.3 is 0 Å². The largest absolute Gasteiger partial charge is 0.497 e. The number of rotatable bonds is 9. The molecule has 9 heteroatoms. The molecule has 1 unspecified atom stereocenters. The Morgan fingerprint density at radius 2 is 1.78 bits per heavy atom. The monoisotopic (exact) mass is 460 g/mol. The third-order valence-corrected chi connectivity index (χ3v) is 6.37. The molecule has 0 aromatic heterocycles. The standard InChI is InChI=1S/C23H28N2O6S/c1-16-5-11-19(12-6-16)32(26,27)29-15-21-22(31-23(2,3)30-21)20(13-24)25-14-17-7-9-18(28-4)10-8-17/h5-12,20-22,25H,14-15H2,1-4H3/t20?,21-,22-/m1/s1. The summed E-state index contributed by atoms with van der Waals surface area (Å²) in [7, 11) is -2.37. The van der Waals surface area contributed by atoms with Crippen LogP contribution in [0.4, 0.5) is 0 Å². The van der Waals surface area contributed by atoms with Crippen LogP contribution in [0.2, 0.25) is 0 Å². The summed E-state index contributed by atoms with van der Waals surface area (Å²) < 4.78 is 47.3. The molecule has 3 rings (SSSR count). The van der Waals surface area contributed by atoms with Crippen molar-refractivity contribution in [3.63, 3.8) is 0 Å². The molecule has 172 valence electrons. The molecule has 1 N–H and O–H groups in total. The number of ether oxygens (including phenoxy) is 3. The zero-order valence-corrected chi connectivity index (χ0v) is 19.4. The predicted molar refractivity (Wildman–Crippen MR) is 117 cm³/mol. The van der Waals surface area contributed by atoms with Crippen LogP contribution < -0.4 is 10.1 Å². The lowest BCUT2D eigenvalue weighted by molar-refractivity contribution is -0.149. The van der Waals surface area contributed by atoms with E-state index in [1.807, 2.05) is 31.2 Å².